The van der Waals surface area contributed by atoms with Crippen LogP contribution in [0.4, 0.5) is 0 Å². The predicted octanol–water partition coefficient (Wildman–Crippen LogP) is 1.74. The van der Waals surface area contributed by atoms with Crippen molar-refractivity contribution in [3.05, 3.63) is 27.7 Å². The normalized spacial score (nSPS) is 11.6. The first-order chi connectivity index (χ1) is 9.29. The fourth-order valence-corrected chi connectivity index (χ4v) is 3.35. The molecular weight excluding hydrogens is 329 g/mol. The van der Waals surface area contributed by atoms with Gasteiger partial charge in [0.2, 0.25) is 10.0 Å². The smallest absolute Gasteiger partial charge is 0.337 e. The second kappa shape index (κ2) is 7.24. The molecule has 0 aromatic heterocycles. The van der Waals surface area contributed by atoms with E-state index in [9.17, 15) is 13.2 Å². The number of sulfonamides is 1. The van der Waals surface area contributed by atoms with Crippen molar-refractivity contribution in [2.24, 2.45) is 0 Å². The highest BCUT2D eigenvalue weighted by Crippen LogP contribution is 2.28. The molecule has 1 aromatic rings. The molecule has 0 saturated heterocycles. The van der Waals surface area contributed by atoms with Gasteiger partial charge in [-0.15, -0.1) is 0 Å². The van der Waals surface area contributed by atoms with Crippen LogP contribution in [0.25, 0.3) is 0 Å². The highest BCUT2D eigenvalue weighted by Gasteiger charge is 2.22. The number of aromatic carboxylic acids is 1. The number of carboxylic acids is 1. The Morgan fingerprint density at radius 1 is 1.20 bits per heavy atom. The molecule has 0 saturated carbocycles. The lowest BCUT2D eigenvalue weighted by molar-refractivity contribution is 0.0697. The summed E-state index contributed by atoms with van der Waals surface area (Å²) in [5.41, 5.74) is -0.341. The van der Waals surface area contributed by atoms with E-state index in [0.29, 0.717) is 12.8 Å². The van der Waals surface area contributed by atoms with Gasteiger partial charge in [0.25, 0.3) is 0 Å². The van der Waals surface area contributed by atoms with Crippen molar-refractivity contribution in [1.29, 1.82) is 0 Å². The summed E-state index contributed by atoms with van der Waals surface area (Å²) in [5.74, 6) is -1.34. The molecule has 0 aliphatic rings. The van der Waals surface area contributed by atoms with Gasteiger partial charge in [-0.05, 0) is 25.0 Å². The van der Waals surface area contributed by atoms with Crippen molar-refractivity contribution in [1.82, 2.24) is 4.72 Å². The molecule has 9 heteroatoms. The van der Waals surface area contributed by atoms with E-state index in [-0.39, 0.29) is 33.7 Å². The van der Waals surface area contributed by atoms with Gasteiger partial charge in [0.05, 0.1) is 15.6 Å². The van der Waals surface area contributed by atoms with Gasteiger partial charge < -0.3 is 10.2 Å². The van der Waals surface area contributed by atoms with E-state index < -0.39 is 16.0 Å². The molecule has 1 rings (SSSR count). The zero-order chi connectivity index (χ0) is 15.3. The van der Waals surface area contributed by atoms with Gasteiger partial charge in [-0.1, -0.05) is 23.2 Å². The van der Waals surface area contributed by atoms with E-state index in [1.165, 1.54) is 0 Å². The summed E-state index contributed by atoms with van der Waals surface area (Å²) in [5, 5.41) is 17.2. The quantitative estimate of drug-likeness (QED) is 0.655. The van der Waals surface area contributed by atoms with Gasteiger partial charge in [-0.3, -0.25) is 0 Å². The fraction of sp³-hybridized carbons (Fsp3) is 0.364. The number of benzene rings is 1. The number of rotatable bonds is 7. The topological polar surface area (TPSA) is 104 Å². The maximum Gasteiger partial charge on any atom is 0.337 e. The molecular formula is C11H13Cl2NO5S. The Morgan fingerprint density at radius 3 is 2.40 bits per heavy atom. The van der Waals surface area contributed by atoms with Crippen molar-refractivity contribution < 1.29 is 23.4 Å². The Kier molecular flexibility index (Phi) is 6.22. The first-order valence-corrected chi connectivity index (χ1v) is 7.86. The van der Waals surface area contributed by atoms with Gasteiger partial charge in [0.1, 0.15) is 4.90 Å². The zero-order valence-corrected chi connectivity index (χ0v) is 12.6. The van der Waals surface area contributed by atoms with Crippen LogP contribution in [-0.4, -0.2) is 37.8 Å². The van der Waals surface area contributed by atoms with Gasteiger partial charge in [0.15, 0.2) is 0 Å². The third-order valence-electron chi connectivity index (χ3n) is 2.42. The summed E-state index contributed by atoms with van der Waals surface area (Å²) in [7, 11) is -3.93. The average molecular weight is 342 g/mol. The highest BCUT2D eigenvalue weighted by molar-refractivity contribution is 7.89. The Morgan fingerprint density at radius 2 is 1.85 bits per heavy atom. The Bertz CT molecular complexity index is 603. The maximum absolute atomic E-state index is 12.0. The Hall–Kier alpha value is -0.860. The van der Waals surface area contributed by atoms with Crippen molar-refractivity contribution in [3.8, 4) is 0 Å². The fourth-order valence-electron chi connectivity index (χ4n) is 1.42. The molecule has 0 aliphatic heterocycles. The van der Waals surface area contributed by atoms with Crippen LogP contribution in [-0.2, 0) is 10.0 Å². The number of hydrogen-bond donors (Lipinski definition) is 3. The largest absolute Gasteiger partial charge is 0.478 e. The van der Waals surface area contributed by atoms with E-state index >= 15 is 0 Å². The van der Waals surface area contributed by atoms with Crippen molar-refractivity contribution in [3.63, 3.8) is 0 Å². The number of nitrogens with one attached hydrogen (secondary N) is 1. The lowest BCUT2D eigenvalue weighted by atomic mass is 10.2. The molecule has 0 fully saturated rings. The van der Waals surface area contributed by atoms with Gasteiger partial charge in [-0.2, -0.15) is 0 Å². The van der Waals surface area contributed by atoms with E-state index in [4.69, 9.17) is 33.4 Å². The monoisotopic (exact) mass is 341 g/mol. The molecule has 0 radical (unpaired) electrons. The number of unbranched alkanes of at least 4 members (excludes halogenated alkanes) is 1. The van der Waals surface area contributed by atoms with E-state index in [0.717, 1.165) is 12.1 Å². The summed E-state index contributed by atoms with van der Waals surface area (Å²) in [6, 6.07) is 2.00. The van der Waals surface area contributed by atoms with Gasteiger partial charge in [0, 0.05) is 13.2 Å². The highest BCUT2D eigenvalue weighted by atomic mass is 35.5. The van der Waals surface area contributed by atoms with Crippen LogP contribution in [0.2, 0.25) is 10.0 Å². The number of carboxylic acid groups (broad SMARTS) is 1. The Labute approximate surface area is 126 Å². The zero-order valence-electron chi connectivity index (χ0n) is 10.3. The number of halogens is 2. The van der Waals surface area contributed by atoms with E-state index in [2.05, 4.69) is 4.72 Å². The molecule has 20 heavy (non-hydrogen) atoms. The summed E-state index contributed by atoms with van der Waals surface area (Å²) < 4.78 is 26.3. The summed E-state index contributed by atoms with van der Waals surface area (Å²) in [6.45, 7) is 0.0802. The molecule has 0 bridgehead atoms. The number of aliphatic hydroxyl groups excluding tert-OH is 1. The molecule has 3 N–H and O–H groups in total. The molecule has 112 valence electrons. The predicted molar refractivity (Wildman–Crippen MR) is 74.9 cm³/mol. The molecule has 0 heterocycles. The maximum atomic E-state index is 12.0. The number of hydrogen-bond acceptors (Lipinski definition) is 4. The third kappa shape index (κ3) is 4.32. The first kappa shape index (κ1) is 17.2. The second-order valence-electron chi connectivity index (χ2n) is 3.90. The standard InChI is InChI=1S/C11H13Cl2NO5S/c12-8-6-9(13)10(5-7(8)11(16)17)20(18,19)14-3-1-2-4-15/h5-6,14-15H,1-4H2,(H,16,17). The van der Waals surface area contributed by atoms with E-state index in [1.54, 1.807) is 0 Å². The second-order valence-corrected chi connectivity index (χ2v) is 6.45. The minimum Gasteiger partial charge on any atom is -0.478 e. The molecule has 1 aromatic carbocycles. The molecule has 0 unspecified atom stereocenters. The molecule has 6 nitrogen and oxygen atoms in total. The Balaban J connectivity index is 3.05. The number of aliphatic hydroxyl groups is 1. The van der Waals surface area contributed by atoms with Crippen molar-refractivity contribution >= 4 is 39.2 Å². The van der Waals surface area contributed by atoms with Crippen LogP contribution < -0.4 is 4.72 Å². The summed E-state index contributed by atoms with van der Waals surface area (Å²) in [4.78, 5) is 10.6. The van der Waals surface area contributed by atoms with Crippen LogP contribution in [0, 0.1) is 0 Å². The lowest BCUT2D eigenvalue weighted by Crippen LogP contribution is -2.25. The van der Waals surface area contributed by atoms with Crippen LogP contribution in [0.1, 0.15) is 23.2 Å². The third-order valence-corrected chi connectivity index (χ3v) is 4.66. The van der Waals surface area contributed by atoms with Crippen molar-refractivity contribution in [2.75, 3.05) is 13.2 Å². The lowest BCUT2D eigenvalue weighted by Gasteiger charge is -2.10. The molecule has 0 amide bonds. The van der Waals surface area contributed by atoms with Crippen LogP contribution in [0.5, 0.6) is 0 Å². The average Bonchev–Trinajstić information content (AvgIpc) is 2.33. The summed E-state index contributed by atoms with van der Waals surface area (Å²) in [6.07, 6.45) is 0.907. The molecule has 0 aliphatic carbocycles. The van der Waals surface area contributed by atoms with Crippen LogP contribution in [0.3, 0.4) is 0 Å². The van der Waals surface area contributed by atoms with Gasteiger partial charge in [-0.25, -0.2) is 17.9 Å². The van der Waals surface area contributed by atoms with Gasteiger partial charge >= 0.3 is 5.97 Å². The van der Waals surface area contributed by atoms with Crippen molar-refractivity contribution in [2.45, 2.75) is 17.7 Å². The summed E-state index contributed by atoms with van der Waals surface area (Å²) >= 11 is 11.5. The number of carbonyl (C=O) groups is 1. The first-order valence-electron chi connectivity index (χ1n) is 5.62. The molecule has 0 spiro atoms. The van der Waals surface area contributed by atoms with Crippen LogP contribution >= 0.6 is 23.2 Å². The van der Waals surface area contributed by atoms with E-state index in [1.807, 2.05) is 0 Å². The minimum atomic E-state index is -3.93. The molecule has 0 atom stereocenters. The SMILES string of the molecule is O=C(O)c1cc(S(=O)(=O)NCCCCO)c(Cl)cc1Cl. The van der Waals surface area contributed by atoms with Crippen LogP contribution in [0.15, 0.2) is 17.0 Å². The minimum absolute atomic E-state index is 0.0351.